The average Bonchev–Trinajstić information content (AvgIpc) is 3.00. The van der Waals surface area contributed by atoms with Crippen LogP contribution in [-0.2, 0) is 9.59 Å². The number of carbonyl (C=O) groups excluding carboxylic acids is 2. The molecule has 1 N–H and O–H groups in total. The van der Waals surface area contributed by atoms with Gasteiger partial charge in [0.05, 0.1) is 11.6 Å². The molecule has 1 aliphatic rings. The topological polar surface area (TPSA) is 60.9 Å². The first-order valence-electron chi connectivity index (χ1n) is 9.79. The quantitative estimate of drug-likeness (QED) is 0.422. The number of Topliss-reactive ketones (excluding diaryl/α,β-unsaturated/α-hetero) is 1. The highest BCUT2D eigenvalue weighted by atomic mass is 35.5. The molecule has 0 radical (unpaired) electrons. The molecular formula is C23H25ClN2O3. The lowest BCUT2D eigenvalue weighted by Crippen LogP contribution is -2.38. The predicted octanol–water partition coefficient (Wildman–Crippen LogP) is 4.10. The molecule has 3 rings (SSSR count). The van der Waals surface area contributed by atoms with Crippen LogP contribution in [0.3, 0.4) is 0 Å². The largest absolute Gasteiger partial charge is 0.507 e. The number of ketones is 1. The Hall–Kier alpha value is -2.63. The fourth-order valence-electron chi connectivity index (χ4n) is 3.64. The van der Waals surface area contributed by atoms with Gasteiger partial charge in [0.25, 0.3) is 11.7 Å². The van der Waals surface area contributed by atoms with Crippen molar-refractivity contribution in [1.82, 2.24) is 9.80 Å². The van der Waals surface area contributed by atoms with Gasteiger partial charge in [0.15, 0.2) is 0 Å². The Bertz CT molecular complexity index is 905. The number of hydrogen-bond acceptors (Lipinski definition) is 4. The van der Waals surface area contributed by atoms with Crippen molar-refractivity contribution in [3.8, 4) is 0 Å². The van der Waals surface area contributed by atoms with E-state index in [1.54, 1.807) is 53.4 Å². The minimum atomic E-state index is -0.661. The van der Waals surface area contributed by atoms with Crippen LogP contribution < -0.4 is 0 Å². The molecule has 29 heavy (non-hydrogen) atoms. The molecule has 152 valence electrons. The zero-order valence-corrected chi connectivity index (χ0v) is 17.4. The van der Waals surface area contributed by atoms with Crippen LogP contribution in [-0.4, -0.2) is 52.8 Å². The number of nitrogens with zero attached hydrogens (tertiary/aromatic N) is 2. The second-order valence-electron chi connectivity index (χ2n) is 6.94. The van der Waals surface area contributed by atoms with Crippen LogP contribution in [0.5, 0.6) is 0 Å². The molecule has 1 atom stereocenters. The third-order valence-electron chi connectivity index (χ3n) is 5.32. The molecule has 0 saturated carbocycles. The second-order valence-corrected chi connectivity index (χ2v) is 7.37. The number of carbonyl (C=O) groups is 2. The van der Waals surface area contributed by atoms with Crippen molar-refractivity contribution in [3.05, 3.63) is 76.3 Å². The molecule has 1 fully saturated rings. The van der Waals surface area contributed by atoms with Gasteiger partial charge in [-0.3, -0.25) is 9.59 Å². The Morgan fingerprint density at radius 3 is 2.24 bits per heavy atom. The van der Waals surface area contributed by atoms with E-state index in [9.17, 15) is 14.7 Å². The average molecular weight is 413 g/mol. The number of aliphatic hydroxyl groups is 1. The fraction of sp³-hybridized carbons (Fsp3) is 0.304. The maximum Gasteiger partial charge on any atom is 0.295 e. The van der Waals surface area contributed by atoms with Crippen LogP contribution in [0.1, 0.15) is 31.0 Å². The van der Waals surface area contributed by atoms with E-state index in [1.807, 2.05) is 6.07 Å². The summed E-state index contributed by atoms with van der Waals surface area (Å²) in [5.41, 5.74) is 1.36. The summed E-state index contributed by atoms with van der Waals surface area (Å²) >= 11 is 6.03. The molecule has 1 heterocycles. The Labute approximate surface area is 176 Å². The van der Waals surface area contributed by atoms with Gasteiger partial charge < -0.3 is 14.9 Å². The number of benzene rings is 2. The van der Waals surface area contributed by atoms with Crippen LogP contribution in [0.4, 0.5) is 0 Å². The smallest absolute Gasteiger partial charge is 0.295 e. The summed E-state index contributed by atoms with van der Waals surface area (Å²) in [6.45, 7) is 6.88. The maximum atomic E-state index is 12.9. The molecule has 1 saturated heterocycles. The molecule has 2 aromatic rings. The molecular weight excluding hydrogens is 388 g/mol. The Kier molecular flexibility index (Phi) is 6.72. The third-order valence-corrected chi connectivity index (χ3v) is 5.58. The van der Waals surface area contributed by atoms with Gasteiger partial charge in [0.2, 0.25) is 0 Å². The Balaban J connectivity index is 2.07. The van der Waals surface area contributed by atoms with Crippen LogP contribution in [0, 0.1) is 0 Å². The number of amides is 1. The van der Waals surface area contributed by atoms with Crippen LogP contribution in [0.15, 0.2) is 60.2 Å². The lowest BCUT2D eigenvalue weighted by atomic mass is 9.95. The zero-order valence-electron chi connectivity index (χ0n) is 16.6. The molecule has 0 aliphatic carbocycles. The molecule has 1 amide bonds. The minimum Gasteiger partial charge on any atom is -0.507 e. The third kappa shape index (κ3) is 4.36. The van der Waals surface area contributed by atoms with Crippen LogP contribution >= 0.6 is 11.6 Å². The number of halogens is 1. The minimum absolute atomic E-state index is 0.114. The summed E-state index contributed by atoms with van der Waals surface area (Å²) in [5.74, 6) is -1.41. The molecule has 2 aromatic carbocycles. The number of likely N-dealkylation sites (N-methyl/N-ethyl adjacent to an activating group) is 1. The van der Waals surface area contributed by atoms with Gasteiger partial charge >= 0.3 is 0 Å². The van der Waals surface area contributed by atoms with Crippen LogP contribution in [0.2, 0.25) is 5.02 Å². The van der Waals surface area contributed by atoms with E-state index in [0.717, 1.165) is 18.7 Å². The predicted molar refractivity (Wildman–Crippen MR) is 115 cm³/mol. The monoisotopic (exact) mass is 412 g/mol. The molecule has 6 heteroatoms. The maximum absolute atomic E-state index is 12.9. The van der Waals surface area contributed by atoms with Crippen molar-refractivity contribution >= 4 is 29.1 Å². The summed E-state index contributed by atoms with van der Waals surface area (Å²) in [6, 6.07) is 15.2. The van der Waals surface area contributed by atoms with Gasteiger partial charge in [-0.05, 0) is 30.8 Å². The van der Waals surface area contributed by atoms with E-state index in [1.165, 1.54) is 0 Å². The van der Waals surface area contributed by atoms with E-state index < -0.39 is 17.7 Å². The molecule has 5 nitrogen and oxygen atoms in total. The Morgan fingerprint density at radius 1 is 1.03 bits per heavy atom. The highest BCUT2D eigenvalue weighted by molar-refractivity contribution is 6.46. The van der Waals surface area contributed by atoms with Crippen molar-refractivity contribution in [2.24, 2.45) is 0 Å². The summed E-state index contributed by atoms with van der Waals surface area (Å²) < 4.78 is 0. The van der Waals surface area contributed by atoms with Gasteiger partial charge in [-0.1, -0.05) is 67.9 Å². The first-order valence-corrected chi connectivity index (χ1v) is 10.2. The zero-order chi connectivity index (χ0) is 21.0. The van der Waals surface area contributed by atoms with E-state index in [0.29, 0.717) is 23.7 Å². The van der Waals surface area contributed by atoms with Gasteiger partial charge in [-0.25, -0.2) is 0 Å². The SMILES string of the molecule is CCN(CC)CCN1C(=O)C(=O)/C(=C(/O)c2ccccc2)C1c1ccc(Cl)cc1. The number of hydrogen-bond donors (Lipinski definition) is 1. The molecule has 1 aliphatic heterocycles. The lowest BCUT2D eigenvalue weighted by molar-refractivity contribution is -0.140. The van der Waals surface area contributed by atoms with Gasteiger partial charge in [-0.15, -0.1) is 0 Å². The normalized spacial score (nSPS) is 18.6. The van der Waals surface area contributed by atoms with Gasteiger partial charge in [0, 0.05) is 23.7 Å². The number of likely N-dealkylation sites (tertiary alicyclic amines) is 1. The van der Waals surface area contributed by atoms with E-state index in [4.69, 9.17) is 11.6 Å². The summed E-state index contributed by atoms with van der Waals surface area (Å²) in [7, 11) is 0. The first kappa shape index (κ1) is 21.1. The molecule has 0 spiro atoms. The van der Waals surface area contributed by atoms with Gasteiger partial charge in [0.1, 0.15) is 5.76 Å². The summed E-state index contributed by atoms with van der Waals surface area (Å²) in [6.07, 6.45) is 0. The molecule has 1 unspecified atom stereocenters. The van der Waals surface area contributed by atoms with E-state index in [2.05, 4.69) is 18.7 Å². The van der Waals surface area contributed by atoms with E-state index >= 15 is 0 Å². The van der Waals surface area contributed by atoms with Crippen molar-refractivity contribution in [2.45, 2.75) is 19.9 Å². The summed E-state index contributed by atoms with van der Waals surface area (Å²) in [4.78, 5) is 29.5. The summed E-state index contributed by atoms with van der Waals surface area (Å²) in [5, 5.41) is 11.5. The van der Waals surface area contributed by atoms with Crippen LogP contribution in [0.25, 0.3) is 5.76 Å². The second kappa shape index (κ2) is 9.25. The standard InChI is InChI=1S/C23H25ClN2O3/c1-3-25(4-2)14-15-26-20(16-10-12-18(24)13-11-16)19(22(28)23(26)29)21(27)17-8-6-5-7-9-17/h5-13,20,27H,3-4,14-15H2,1-2H3/b21-19+. The number of aliphatic hydroxyl groups excluding tert-OH is 1. The first-order chi connectivity index (χ1) is 14.0. The highest BCUT2D eigenvalue weighted by Crippen LogP contribution is 2.39. The van der Waals surface area contributed by atoms with Crippen molar-refractivity contribution in [2.75, 3.05) is 26.2 Å². The molecule has 0 bridgehead atoms. The van der Waals surface area contributed by atoms with Gasteiger partial charge in [-0.2, -0.15) is 0 Å². The lowest BCUT2D eigenvalue weighted by Gasteiger charge is -2.28. The van der Waals surface area contributed by atoms with Crippen molar-refractivity contribution < 1.29 is 14.7 Å². The fourth-order valence-corrected chi connectivity index (χ4v) is 3.77. The Morgan fingerprint density at radius 2 is 1.66 bits per heavy atom. The van der Waals surface area contributed by atoms with E-state index in [-0.39, 0.29) is 11.3 Å². The number of rotatable bonds is 7. The molecule has 0 aromatic heterocycles. The highest BCUT2D eigenvalue weighted by Gasteiger charge is 2.45. The van der Waals surface area contributed by atoms with Crippen molar-refractivity contribution in [1.29, 1.82) is 0 Å². The van der Waals surface area contributed by atoms with Crippen molar-refractivity contribution in [3.63, 3.8) is 0 Å².